The molecule has 1 aliphatic carbocycles. The molecule has 8 aromatic rings. The second-order valence-electron chi connectivity index (χ2n) is 16.0. The maximum absolute atomic E-state index is 6.93. The fourth-order valence-electron chi connectivity index (χ4n) is 9.11. The summed E-state index contributed by atoms with van der Waals surface area (Å²) < 4.78 is 6.93. The first-order chi connectivity index (χ1) is 26.9. The summed E-state index contributed by atoms with van der Waals surface area (Å²) in [6.45, 7) is 8.94. The Hall–Kier alpha value is -5.81. The Labute approximate surface area is 326 Å². The minimum Gasteiger partial charge on any atom is -0.454 e. The quantitative estimate of drug-likeness (QED) is 0.179. The average molecular weight is 729 g/mol. The van der Waals surface area contributed by atoms with Crippen molar-refractivity contribution in [1.82, 2.24) is 4.90 Å². The lowest BCUT2D eigenvalue weighted by molar-refractivity contribution is 0.121. The number of hydrogen-bond acceptors (Lipinski definition) is 4. The number of ether oxygens (including phenoxy) is 1. The molecule has 0 N–H and O–H groups in total. The minimum atomic E-state index is 0.109. The number of benzene rings is 8. The molecule has 266 valence electrons. The Morgan fingerprint density at radius 3 is 2.16 bits per heavy atom. The van der Waals surface area contributed by atoms with Crippen molar-refractivity contribution >= 4 is 50.4 Å². The van der Waals surface area contributed by atoms with Gasteiger partial charge in [0.05, 0.1) is 15.5 Å². The van der Waals surface area contributed by atoms with E-state index in [1.807, 2.05) is 11.8 Å². The lowest BCUT2D eigenvalue weighted by Crippen LogP contribution is -2.44. The van der Waals surface area contributed by atoms with Crippen LogP contribution in [0.3, 0.4) is 0 Å². The van der Waals surface area contributed by atoms with Crippen LogP contribution in [0.25, 0.3) is 54.9 Å². The molecular formula is C51H40N2OS. The van der Waals surface area contributed by atoms with Crippen LogP contribution in [0.1, 0.15) is 31.9 Å². The Bertz CT molecular complexity index is 2840. The summed E-state index contributed by atoms with van der Waals surface area (Å²) in [6.07, 6.45) is 0.995. The van der Waals surface area contributed by atoms with E-state index in [0.717, 1.165) is 63.4 Å². The summed E-state index contributed by atoms with van der Waals surface area (Å²) in [5.41, 5.74) is 13.9. The Morgan fingerprint density at radius 2 is 1.31 bits per heavy atom. The first-order valence-corrected chi connectivity index (χ1v) is 20.1. The molecule has 0 spiro atoms. The van der Waals surface area contributed by atoms with Crippen LogP contribution < -0.4 is 9.64 Å². The first kappa shape index (κ1) is 32.6. The van der Waals surface area contributed by atoms with Crippen molar-refractivity contribution in [3.05, 3.63) is 163 Å². The third-order valence-corrected chi connectivity index (χ3v) is 12.9. The van der Waals surface area contributed by atoms with Crippen molar-refractivity contribution < 1.29 is 4.74 Å². The predicted octanol–water partition coefficient (Wildman–Crippen LogP) is 14.2. The fraction of sp³-hybridized carbons (Fsp3) is 0.137. The molecule has 55 heavy (non-hydrogen) atoms. The maximum Gasteiger partial charge on any atom is 0.149 e. The van der Waals surface area contributed by atoms with Gasteiger partial charge in [-0.05, 0) is 125 Å². The number of hydrogen-bond donors (Lipinski definition) is 0. The molecule has 8 aromatic carbocycles. The van der Waals surface area contributed by atoms with Gasteiger partial charge in [0.15, 0.2) is 0 Å². The van der Waals surface area contributed by atoms with Crippen LogP contribution in [-0.2, 0) is 13.0 Å². The standard InChI is InChI=1S/C51H40N2OS/c1-51(2,3)52-27-26-37-34(31-52)14-10-17-38(37)44-29-36(30-48-50(44)54-46-20-8-9-21-47(46)55-48)53(35-23-22-32-12-4-5-13-33(32)28-35)45-25-24-42-40-16-7-6-15-39(40)41-18-11-19-43(45)49(41)42/h4-25,28-30H,26-27,31H2,1-3H3. The van der Waals surface area contributed by atoms with Crippen LogP contribution in [0.15, 0.2) is 161 Å². The van der Waals surface area contributed by atoms with Crippen LogP contribution >= 0.6 is 11.8 Å². The summed E-state index contributed by atoms with van der Waals surface area (Å²) >= 11 is 1.81. The molecule has 0 aromatic heterocycles. The first-order valence-electron chi connectivity index (χ1n) is 19.3. The number of fused-ring (bicyclic) bond motifs is 7. The van der Waals surface area contributed by atoms with E-state index in [4.69, 9.17) is 4.74 Å². The van der Waals surface area contributed by atoms with Gasteiger partial charge >= 0.3 is 0 Å². The zero-order valence-corrected chi connectivity index (χ0v) is 32.1. The van der Waals surface area contributed by atoms with Gasteiger partial charge < -0.3 is 9.64 Å². The third kappa shape index (κ3) is 5.23. The van der Waals surface area contributed by atoms with E-state index < -0.39 is 0 Å². The minimum absolute atomic E-state index is 0.109. The molecule has 4 heteroatoms. The van der Waals surface area contributed by atoms with E-state index >= 15 is 0 Å². The molecule has 0 unspecified atom stereocenters. The highest BCUT2D eigenvalue weighted by molar-refractivity contribution is 7.99. The van der Waals surface area contributed by atoms with Gasteiger partial charge in [0, 0.05) is 41.0 Å². The molecular weight excluding hydrogens is 689 g/mol. The van der Waals surface area contributed by atoms with Crippen LogP contribution in [0.5, 0.6) is 11.5 Å². The predicted molar refractivity (Wildman–Crippen MR) is 231 cm³/mol. The normalized spacial score (nSPS) is 14.2. The second kappa shape index (κ2) is 12.4. The molecule has 0 radical (unpaired) electrons. The number of para-hydroxylation sites is 1. The molecule has 0 saturated carbocycles. The van der Waals surface area contributed by atoms with Crippen molar-refractivity contribution in [1.29, 1.82) is 0 Å². The molecule has 2 aliphatic heterocycles. The zero-order chi connectivity index (χ0) is 36.8. The van der Waals surface area contributed by atoms with Gasteiger partial charge in [0.2, 0.25) is 0 Å². The summed E-state index contributed by atoms with van der Waals surface area (Å²) in [5, 5.41) is 5.01. The third-order valence-electron chi connectivity index (χ3n) is 11.8. The monoisotopic (exact) mass is 728 g/mol. The molecule has 0 bridgehead atoms. The van der Waals surface area contributed by atoms with Crippen LogP contribution in [0.2, 0.25) is 0 Å². The molecule has 3 nitrogen and oxygen atoms in total. The van der Waals surface area contributed by atoms with Crippen molar-refractivity contribution in [2.75, 3.05) is 11.4 Å². The molecule has 3 aliphatic rings. The summed E-state index contributed by atoms with van der Waals surface area (Å²) in [7, 11) is 0. The van der Waals surface area contributed by atoms with Gasteiger partial charge in [0.1, 0.15) is 11.5 Å². The van der Waals surface area contributed by atoms with Crippen molar-refractivity contribution in [3.8, 4) is 44.9 Å². The molecule has 2 heterocycles. The van der Waals surface area contributed by atoms with E-state index in [2.05, 4.69) is 182 Å². The Kier molecular flexibility index (Phi) is 7.33. The van der Waals surface area contributed by atoms with E-state index in [1.54, 1.807) is 0 Å². The lowest BCUT2D eigenvalue weighted by atomic mass is 9.88. The van der Waals surface area contributed by atoms with Crippen LogP contribution in [0, 0.1) is 0 Å². The van der Waals surface area contributed by atoms with E-state index in [1.165, 1.54) is 60.5 Å². The van der Waals surface area contributed by atoms with Gasteiger partial charge in [0.25, 0.3) is 0 Å². The topological polar surface area (TPSA) is 15.7 Å². The molecule has 0 fully saturated rings. The van der Waals surface area contributed by atoms with Crippen molar-refractivity contribution in [2.45, 2.75) is 49.1 Å². The summed E-state index contributed by atoms with van der Waals surface area (Å²) in [5.74, 6) is 1.85. The lowest BCUT2D eigenvalue weighted by Gasteiger charge is -2.40. The summed E-state index contributed by atoms with van der Waals surface area (Å²) in [6, 6.07) is 55.9. The summed E-state index contributed by atoms with van der Waals surface area (Å²) in [4.78, 5) is 7.34. The highest BCUT2D eigenvalue weighted by Gasteiger charge is 2.31. The highest BCUT2D eigenvalue weighted by Crippen LogP contribution is 2.56. The Balaban J connectivity index is 1.17. The molecule has 0 amide bonds. The SMILES string of the molecule is CC(C)(C)N1CCc2c(cccc2-c2cc(N(c3ccc4ccccc4c3)c3ccc4c5c(cccc35)-c3ccccc3-4)cc3c2Oc2ccccc2S3)C1. The van der Waals surface area contributed by atoms with Crippen molar-refractivity contribution in [3.63, 3.8) is 0 Å². The molecule has 0 atom stereocenters. The zero-order valence-electron chi connectivity index (χ0n) is 31.3. The number of nitrogens with zero attached hydrogens (tertiary/aromatic N) is 2. The van der Waals surface area contributed by atoms with Crippen LogP contribution in [-0.4, -0.2) is 17.0 Å². The molecule has 0 saturated heterocycles. The smallest absolute Gasteiger partial charge is 0.149 e. The largest absolute Gasteiger partial charge is 0.454 e. The number of anilines is 3. The van der Waals surface area contributed by atoms with Gasteiger partial charge in [-0.2, -0.15) is 0 Å². The van der Waals surface area contributed by atoms with E-state index in [9.17, 15) is 0 Å². The Morgan fingerprint density at radius 1 is 0.582 bits per heavy atom. The number of rotatable bonds is 4. The van der Waals surface area contributed by atoms with Gasteiger partial charge in [-0.3, -0.25) is 4.90 Å². The average Bonchev–Trinajstić information content (AvgIpc) is 3.54. The van der Waals surface area contributed by atoms with Crippen LogP contribution in [0.4, 0.5) is 17.1 Å². The fourth-order valence-corrected chi connectivity index (χ4v) is 10.1. The molecule has 11 rings (SSSR count). The van der Waals surface area contributed by atoms with E-state index in [-0.39, 0.29) is 5.54 Å². The van der Waals surface area contributed by atoms with Gasteiger partial charge in [-0.15, -0.1) is 0 Å². The second-order valence-corrected chi connectivity index (χ2v) is 17.1. The van der Waals surface area contributed by atoms with Gasteiger partial charge in [-0.25, -0.2) is 0 Å². The van der Waals surface area contributed by atoms with E-state index in [0.29, 0.717) is 0 Å². The maximum atomic E-state index is 6.93. The van der Waals surface area contributed by atoms with Gasteiger partial charge in [-0.1, -0.05) is 121 Å². The highest BCUT2D eigenvalue weighted by atomic mass is 32.2. The van der Waals surface area contributed by atoms with Crippen molar-refractivity contribution in [2.24, 2.45) is 0 Å².